The summed E-state index contributed by atoms with van der Waals surface area (Å²) < 4.78 is 54.8. The minimum Gasteiger partial charge on any atom is -0.322 e. The van der Waals surface area contributed by atoms with E-state index in [1.807, 2.05) is 0 Å². The smallest absolute Gasteiger partial charge is 0.273 e. The van der Waals surface area contributed by atoms with E-state index in [0.29, 0.717) is 27.6 Å². The number of rotatable bonds is 8. The van der Waals surface area contributed by atoms with Crippen LogP contribution in [0.3, 0.4) is 0 Å². The van der Waals surface area contributed by atoms with Crippen LogP contribution in [0.1, 0.15) is 15.9 Å². The molecule has 0 fully saturated rings. The molecule has 8 nitrogen and oxygen atoms in total. The number of carbonyl (C=O) groups excluding carboxylic acids is 1. The first-order valence-electron chi connectivity index (χ1n) is 10.8. The molecule has 0 radical (unpaired) electrons. The van der Waals surface area contributed by atoms with Crippen LogP contribution >= 0.6 is 22.9 Å². The van der Waals surface area contributed by atoms with E-state index in [1.54, 1.807) is 42.6 Å². The van der Waals surface area contributed by atoms with Gasteiger partial charge in [0, 0.05) is 23.3 Å². The van der Waals surface area contributed by atoms with Crippen molar-refractivity contribution >= 4 is 66.0 Å². The molecule has 0 saturated heterocycles. The minimum atomic E-state index is -3.87. The van der Waals surface area contributed by atoms with Crippen molar-refractivity contribution in [2.45, 2.75) is 16.0 Å². The lowest BCUT2D eigenvalue weighted by molar-refractivity contribution is 0.102. The van der Waals surface area contributed by atoms with Gasteiger partial charge < -0.3 is 5.32 Å². The van der Waals surface area contributed by atoms with Crippen LogP contribution < -0.4 is 14.3 Å². The molecule has 0 bridgehead atoms. The highest BCUT2D eigenvalue weighted by Gasteiger charge is 2.22. The summed E-state index contributed by atoms with van der Waals surface area (Å²) in [5, 5.41) is 4.80. The molecule has 1 heterocycles. The molecule has 0 saturated carbocycles. The van der Waals surface area contributed by atoms with Gasteiger partial charge in [-0.25, -0.2) is 16.8 Å². The van der Waals surface area contributed by atoms with Crippen molar-refractivity contribution in [1.29, 1.82) is 0 Å². The lowest BCUT2D eigenvalue weighted by Gasteiger charge is -2.18. The average molecular weight is 576 g/mol. The van der Waals surface area contributed by atoms with Crippen molar-refractivity contribution < 1.29 is 21.6 Å². The highest BCUT2D eigenvalue weighted by atomic mass is 35.5. The largest absolute Gasteiger partial charge is 0.322 e. The standard InChI is InChI=1S/C25H22ClN3O5S3/c1-17-5-8-19(26)16-23(17)28-36(31,32)22-13-9-20(10-14-22)27-25(30)18-6-11-21(12-7-18)29(2)37(33,34)24-4-3-15-35-24/h3-16,28H,1-2H3,(H,27,30). The van der Waals surface area contributed by atoms with Crippen molar-refractivity contribution in [2.75, 3.05) is 21.4 Å². The molecule has 0 atom stereocenters. The summed E-state index contributed by atoms with van der Waals surface area (Å²) in [6.07, 6.45) is 0. The van der Waals surface area contributed by atoms with Crippen LogP contribution in [-0.4, -0.2) is 29.8 Å². The van der Waals surface area contributed by atoms with Gasteiger partial charge in [-0.3, -0.25) is 13.8 Å². The highest BCUT2D eigenvalue weighted by molar-refractivity contribution is 7.94. The number of halogens is 1. The summed E-state index contributed by atoms with van der Waals surface area (Å²) in [6.45, 7) is 1.76. The van der Waals surface area contributed by atoms with Crippen molar-refractivity contribution in [3.05, 3.63) is 100 Å². The van der Waals surface area contributed by atoms with Gasteiger partial charge >= 0.3 is 0 Å². The van der Waals surface area contributed by atoms with Crippen LogP contribution in [0.2, 0.25) is 5.02 Å². The Morgan fingerprint density at radius 3 is 2.22 bits per heavy atom. The maximum Gasteiger partial charge on any atom is 0.273 e. The molecule has 0 aliphatic heterocycles. The van der Waals surface area contributed by atoms with Gasteiger partial charge in [-0.15, -0.1) is 11.3 Å². The third kappa shape index (κ3) is 5.96. The van der Waals surface area contributed by atoms with Crippen LogP contribution in [0.5, 0.6) is 0 Å². The van der Waals surface area contributed by atoms with Crippen LogP contribution in [-0.2, 0) is 20.0 Å². The molecule has 0 aliphatic carbocycles. The summed E-state index contributed by atoms with van der Waals surface area (Å²) in [7, 11) is -6.10. The van der Waals surface area contributed by atoms with Gasteiger partial charge in [0.25, 0.3) is 26.0 Å². The maximum atomic E-state index is 12.8. The Balaban J connectivity index is 1.43. The molecule has 0 spiro atoms. The number of benzene rings is 3. The number of sulfonamides is 2. The number of thiophene rings is 1. The summed E-state index contributed by atoms with van der Waals surface area (Å²) in [5.41, 5.74) is 2.20. The number of aryl methyl sites for hydroxylation is 1. The van der Waals surface area contributed by atoms with Crippen LogP contribution in [0, 0.1) is 6.92 Å². The molecular weight excluding hydrogens is 554 g/mol. The molecule has 1 aromatic heterocycles. The van der Waals surface area contributed by atoms with Crippen molar-refractivity contribution in [3.8, 4) is 0 Å². The van der Waals surface area contributed by atoms with Gasteiger partial charge in [0.15, 0.2) is 0 Å². The molecule has 3 aromatic carbocycles. The predicted molar refractivity (Wildman–Crippen MR) is 148 cm³/mol. The minimum absolute atomic E-state index is 0.0178. The fourth-order valence-corrected chi connectivity index (χ4v) is 6.99. The number of carbonyl (C=O) groups is 1. The van der Waals surface area contributed by atoms with E-state index in [1.165, 1.54) is 55.6 Å². The Labute approximate surface area is 224 Å². The second-order valence-electron chi connectivity index (χ2n) is 7.99. The third-order valence-corrected chi connectivity index (χ3v) is 10.2. The SMILES string of the molecule is Cc1ccc(Cl)cc1NS(=O)(=O)c1ccc(NC(=O)c2ccc(N(C)S(=O)(=O)c3cccs3)cc2)cc1. The van der Waals surface area contributed by atoms with Gasteiger partial charge in [0.2, 0.25) is 0 Å². The number of nitrogens with one attached hydrogen (secondary N) is 2. The Morgan fingerprint density at radius 2 is 1.59 bits per heavy atom. The Hall–Kier alpha value is -3.38. The number of nitrogens with zero attached hydrogens (tertiary/aromatic N) is 1. The molecule has 2 N–H and O–H groups in total. The van der Waals surface area contributed by atoms with Gasteiger partial charge in [-0.1, -0.05) is 23.7 Å². The van der Waals surface area contributed by atoms with Gasteiger partial charge in [0.05, 0.1) is 16.3 Å². The van der Waals surface area contributed by atoms with E-state index in [0.717, 1.165) is 21.2 Å². The number of anilines is 3. The molecule has 0 unspecified atom stereocenters. The van der Waals surface area contributed by atoms with Gasteiger partial charge in [-0.2, -0.15) is 0 Å². The number of hydrogen-bond donors (Lipinski definition) is 2. The Morgan fingerprint density at radius 1 is 0.919 bits per heavy atom. The lowest BCUT2D eigenvalue weighted by atomic mass is 10.2. The fraction of sp³-hybridized carbons (Fsp3) is 0.0800. The third-order valence-electron chi connectivity index (χ3n) is 5.47. The van der Waals surface area contributed by atoms with E-state index in [9.17, 15) is 21.6 Å². The van der Waals surface area contributed by atoms with E-state index in [2.05, 4.69) is 10.0 Å². The average Bonchev–Trinajstić information content (AvgIpc) is 3.42. The topological polar surface area (TPSA) is 113 Å². The molecular formula is C25H22ClN3O5S3. The Kier molecular flexibility index (Phi) is 7.60. The van der Waals surface area contributed by atoms with Crippen molar-refractivity contribution in [1.82, 2.24) is 0 Å². The van der Waals surface area contributed by atoms with E-state index in [4.69, 9.17) is 11.6 Å². The quantitative estimate of drug-likeness (QED) is 0.284. The summed E-state index contributed by atoms with van der Waals surface area (Å²) in [6, 6.07) is 19.9. The first-order valence-corrected chi connectivity index (χ1v) is 15.0. The lowest BCUT2D eigenvalue weighted by Crippen LogP contribution is -2.25. The zero-order valence-corrected chi connectivity index (χ0v) is 22.9. The number of amides is 1. The molecule has 1 amide bonds. The highest BCUT2D eigenvalue weighted by Crippen LogP contribution is 2.26. The van der Waals surface area contributed by atoms with Crippen molar-refractivity contribution in [2.24, 2.45) is 0 Å². The zero-order valence-electron chi connectivity index (χ0n) is 19.7. The molecule has 192 valence electrons. The Bertz CT molecular complexity index is 1640. The van der Waals surface area contributed by atoms with E-state index in [-0.39, 0.29) is 9.10 Å². The monoisotopic (exact) mass is 575 g/mol. The molecule has 12 heteroatoms. The maximum absolute atomic E-state index is 12.8. The van der Waals surface area contributed by atoms with Crippen LogP contribution in [0.15, 0.2) is 93.3 Å². The van der Waals surface area contributed by atoms with Crippen LogP contribution in [0.4, 0.5) is 17.1 Å². The molecule has 4 aromatic rings. The van der Waals surface area contributed by atoms with E-state index >= 15 is 0 Å². The normalized spacial score (nSPS) is 11.6. The zero-order chi connectivity index (χ0) is 26.8. The first-order chi connectivity index (χ1) is 17.5. The first kappa shape index (κ1) is 26.7. The second-order valence-corrected chi connectivity index (χ2v) is 13.3. The summed E-state index contributed by atoms with van der Waals surface area (Å²) in [5.74, 6) is -0.432. The predicted octanol–water partition coefficient (Wildman–Crippen LogP) is 5.59. The van der Waals surface area contributed by atoms with Crippen LogP contribution in [0.25, 0.3) is 0 Å². The molecule has 4 rings (SSSR count). The van der Waals surface area contributed by atoms with Crippen molar-refractivity contribution in [3.63, 3.8) is 0 Å². The second kappa shape index (κ2) is 10.5. The van der Waals surface area contributed by atoms with Gasteiger partial charge in [-0.05, 0) is 84.6 Å². The summed E-state index contributed by atoms with van der Waals surface area (Å²) in [4.78, 5) is 12.7. The summed E-state index contributed by atoms with van der Waals surface area (Å²) >= 11 is 7.10. The fourth-order valence-electron chi connectivity index (χ4n) is 3.34. The van der Waals surface area contributed by atoms with Gasteiger partial charge in [0.1, 0.15) is 4.21 Å². The molecule has 0 aliphatic rings. The van der Waals surface area contributed by atoms with E-state index < -0.39 is 26.0 Å². The molecule has 37 heavy (non-hydrogen) atoms. The number of hydrogen-bond acceptors (Lipinski definition) is 6.